The van der Waals surface area contributed by atoms with E-state index in [1.54, 1.807) is 25.1 Å². The van der Waals surface area contributed by atoms with Crippen LogP contribution in [0.5, 0.6) is 0 Å². The third kappa shape index (κ3) is 4.21. The van der Waals surface area contributed by atoms with Gasteiger partial charge in [-0.1, -0.05) is 29.8 Å². The molecule has 0 aliphatic carbocycles. The van der Waals surface area contributed by atoms with Gasteiger partial charge in [0.05, 0.1) is 29.3 Å². The average molecular weight is 380 g/mol. The number of hydrogen-bond acceptors (Lipinski definition) is 4. The lowest BCUT2D eigenvalue weighted by atomic mass is 10.2. The fraction of sp³-hybridized carbons (Fsp3) is 0.167. The molecule has 0 fully saturated rings. The molecule has 132 valence electrons. The Morgan fingerprint density at radius 1 is 1.20 bits per heavy atom. The van der Waals surface area contributed by atoms with Gasteiger partial charge in [0.2, 0.25) is 0 Å². The smallest absolute Gasteiger partial charge is 0.340 e. The average Bonchev–Trinajstić information content (AvgIpc) is 2.60. The Balaban J connectivity index is 2.57. The number of hydrogen-bond donors (Lipinski definition) is 0. The van der Waals surface area contributed by atoms with Crippen LogP contribution in [-0.2, 0) is 14.8 Å². The van der Waals surface area contributed by atoms with Crippen molar-refractivity contribution in [1.82, 2.24) is 0 Å². The Morgan fingerprint density at radius 2 is 1.84 bits per heavy atom. The van der Waals surface area contributed by atoms with Gasteiger partial charge in [0.1, 0.15) is 0 Å². The molecule has 7 heteroatoms. The van der Waals surface area contributed by atoms with Crippen molar-refractivity contribution in [3.63, 3.8) is 0 Å². The number of nitrogens with zero attached hydrogens (tertiary/aromatic N) is 1. The fourth-order valence-electron chi connectivity index (χ4n) is 2.25. The first-order chi connectivity index (χ1) is 11.9. The van der Waals surface area contributed by atoms with Gasteiger partial charge in [-0.15, -0.1) is 6.58 Å². The Morgan fingerprint density at radius 3 is 2.44 bits per heavy atom. The van der Waals surface area contributed by atoms with Gasteiger partial charge in [0.25, 0.3) is 10.0 Å². The second kappa shape index (κ2) is 8.18. The van der Waals surface area contributed by atoms with Crippen molar-refractivity contribution >= 4 is 33.3 Å². The Hall–Kier alpha value is -2.31. The number of sulfonamides is 1. The molecule has 0 aliphatic heterocycles. The second-order valence-corrected chi connectivity index (χ2v) is 7.32. The molecule has 2 aromatic rings. The van der Waals surface area contributed by atoms with Crippen molar-refractivity contribution in [2.45, 2.75) is 11.8 Å². The maximum atomic E-state index is 13.0. The van der Waals surface area contributed by atoms with Crippen LogP contribution in [0.3, 0.4) is 0 Å². The number of rotatable bonds is 7. The van der Waals surface area contributed by atoms with E-state index in [1.165, 1.54) is 36.4 Å². The first-order valence-corrected chi connectivity index (χ1v) is 9.39. The van der Waals surface area contributed by atoms with E-state index >= 15 is 0 Å². The van der Waals surface area contributed by atoms with Crippen LogP contribution in [0.1, 0.15) is 17.3 Å². The van der Waals surface area contributed by atoms with E-state index in [9.17, 15) is 13.2 Å². The zero-order chi connectivity index (χ0) is 18.4. The predicted molar refractivity (Wildman–Crippen MR) is 98.6 cm³/mol. The summed E-state index contributed by atoms with van der Waals surface area (Å²) in [5.41, 5.74) is 0.402. The van der Waals surface area contributed by atoms with Crippen molar-refractivity contribution in [2.24, 2.45) is 0 Å². The van der Waals surface area contributed by atoms with Crippen molar-refractivity contribution in [2.75, 3.05) is 17.5 Å². The normalized spacial score (nSPS) is 11.0. The number of esters is 1. The third-order valence-electron chi connectivity index (χ3n) is 3.36. The lowest BCUT2D eigenvalue weighted by Gasteiger charge is -2.25. The van der Waals surface area contributed by atoms with Gasteiger partial charge in [0.15, 0.2) is 0 Å². The van der Waals surface area contributed by atoms with E-state index in [1.807, 2.05) is 0 Å². The largest absolute Gasteiger partial charge is 0.462 e. The molecule has 2 aromatic carbocycles. The Labute approximate surface area is 152 Å². The molecule has 0 saturated carbocycles. The van der Waals surface area contributed by atoms with Crippen molar-refractivity contribution in [3.05, 3.63) is 71.8 Å². The molecule has 0 radical (unpaired) electrons. The Bertz CT molecular complexity index is 863. The van der Waals surface area contributed by atoms with Crippen LogP contribution in [0.25, 0.3) is 0 Å². The highest BCUT2D eigenvalue weighted by atomic mass is 35.5. The molecule has 2 rings (SSSR count). The van der Waals surface area contributed by atoms with E-state index in [0.717, 1.165) is 4.31 Å². The number of benzene rings is 2. The van der Waals surface area contributed by atoms with E-state index in [0.29, 0.717) is 5.02 Å². The number of anilines is 1. The van der Waals surface area contributed by atoms with Gasteiger partial charge in [-0.25, -0.2) is 13.2 Å². The topological polar surface area (TPSA) is 63.7 Å². The van der Waals surface area contributed by atoms with Crippen molar-refractivity contribution < 1.29 is 17.9 Å². The standard InChI is InChI=1S/C18H18ClNO4S/c1-3-13-20(25(22,23)15-11-9-14(19)10-12-15)17-8-6-5-7-16(17)18(21)24-4-2/h3,5-12H,1,4,13H2,2H3. The molecule has 5 nitrogen and oxygen atoms in total. The highest BCUT2D eigenvalue weighted by Crippen LogP contribution is 2.28. The highest BCUT2D eigenvalue weighted by Gasteiger charge is 2.27. The molecule has 0 saturated heterocycles. The van der Waals surface area contributed by atoms with Crippen LogP contribution in [0, 0.1) is 0 Å². The number of halogens is 1. The van der Waals surface area contributed by atoms with Gasteiger partial charge in [0, 0.05) is 5.02 Å². The van der Waals surface area contributed by atoms with Gasteiger partial charge in [-0.3, -0.25) is 4.31 Å². The molecule has 0 aliphatic rings. The van der Waals surface area contributed by atoms with E-state index in [4.69, 9.17) is 16.3 Å². The Kier molecular flexibility index (Phi) is 6.22. The van der Waals surface area contributed by atoms with Gasteiger partial charge >= 0.3 is 5.97 Å². The van der Waals surface area contributed by atoms with E-state index in [-0.39, 0.29) is 29.3 Å². The minimum atomic E-state index is -3.91. The monoisotopic (exact) mass is 379 g/mol. The molecular weight excluding hydrogens is 362 g/mol. The zero-order valence-electron chi connectivity index (χ0n) is 13.7. The van der Waals surface area contributed by atoms with Gasteiger partial charge in [-0.05, 0) is 43.3 Å². The summed E-state index contributed by atoms with van der Waals surface area (Å²) in [6.45, 7) is 5.50. The molecule has 0 atom stereocenters. The number of carbonyl (C=O) groups excluding carboxylic acids is 1. The highest BCUT2D eigenvalue weighted by molar-refractivity contribution is 7.92. The number of ether oxygens (including phenoxy) is 1. The van der Waals surface area contributed by atoms with E-state index < -0.39 is 16.0 Å². The minimum absolute atomic E-state index is 0.00137. The third-order valence-corrected chi connectivity index (χ3v) is 5.41. The first-order valence-electron chi connectivity index (χ1n) is 7.57. The molecule has 0 unspecified atom stereocenters. The summed E-state index contributed by atoms with van der Waals surface area (Å²) in [5, 5.41) is 0.432. The molecule has 0 bridgehead atoms. The quantitative estimate of drug-likeness (QED) is 0.540. The molecule has 0 aromatic heterocycles. The molecule has 25 heavy (non-hydrogen) atoms. The van der Waals surface area contributed by atoms with Crippen LogP contribution in [0.4, 0.5) is 5.69 Å². The fourth-order valence-corrected chi connectivity index (χ4v) is 3.83. The van der Waals surface area contributed by atoms with Crippen LogP contribution in [0.2, 0.25) is 5.02 Å². The summed E-state index contributed by atoms with van der Waals surface area (Å²) in [6, 6.07) is 12.2. The summed E-state index contributed by atoms with van der Waals surface area (Å²) in [6.07, 6.45) is 1.45. The molecule has 0 N–H and O–H groups in total. The minimum Gasteiger partial charge on any atom is -0.462 e. The lowest BCUT2D eigenvalue weighted by Crippen LogP contribution is -2.32. The molecule has 0 spiro atoms. The summed E-state index contributed by atoms with van der Waals surface area (Å²) in [7, 11) is -3.91. The van der Waals surface area contributed by atoms with Crippen molar-refractivity contribution in [1.29, 1.82) is 0 Å². The molecule has 0 amide bonds. The van der Waals surface area contributed by atoms with Crippen LogP contribution in [0.15, 0.2) is 66.1 Å². The predicted octanol–water partition coefficient (Wildman–Crippen LogP) is 3.90. The number of para-hydroxylation sites is 1. The maximum absolute atomic E-state index is 13.0. The van der Waals surface area contributed by atoms with Gasteiger partial charge < -0.3 is 4.74 Å². The molecule has 0 heterocycles. The SMILES string of the molecule is C=CCN(c1ccccc1C(=O)OCC)S(=O)(=O)c1ccc(Cl)cc1. The van der Waals surface area contributed by atoms with Crippen LogP contribution < -0.4 is 4.31 Å². The summed E-state index contributed by atoms with van der Waals surface area (Å²) in [4.78, 5) is 12.3. The second-order valence-electron chi connectivity index (χ2n) is 5.02. The molecular formula is C18H18ClNO4S. The van der Waals surface area contributed by atoms with Crippen molar-refractivity contribution in [3.8, 4) is 0 Å². The summed E-state index contributed by atoms with van der Waals surface area (Å²) >= 11 is 5.84. The zero-order valence-corrected chi connectivity index (χ0v) is 15.3. The lowest BCUT2D eigenvalue weighted by molar-refractivity contribution is 0.0527. The summed E-state index contributed by atoms with van der Waals surface area (Å²) < 4.78 is 32.2. The van der Waals surface area contributed by atoms with E-state index in [2.05, 4.69) is 6.58 Å². The van der Waals surface area contributed by atoms with Crippen LogP contribution in [-0.4, -0.2) is 27.5 Å². The summed E-state index contributed by atoms with van der Waals surface area (Å²) in [5.74, 6) is -0.585. The van der Waals surface area contributed by atoms with Crippen LogP contribution >= 0.6 is 11.6 Å². The first kappa shape index (κ1) is 19.0. The van der Waals surface area contributed by atoms with Gasteiger partial charge in [-0.2, -0.15) is 0 Å². The maximum Gasteiger partial charge on any atom is 0.340 e. The number of carbonyl (C=O) groups is 1.